The van der Waals surface area contributed by atoms with Crippen molar-refractivity contribution in [1.82, 2.24) is 9.62 Å². The van der Waals surface area contributed by atoms with Gasteiger partial charge in [0.2, 0.25) is 10.0 Å². The summed E-state index contributed by atoms with van der Waals surface area (Å²) in [6, 6.07) is 1.68. The first-order valence-electron chi connectivity index (χ1n) is 6.06. The minimum absolute atomic E-state index is 0.240. The second-order valence-corrected chi connectivity index (χ2v) is 8.54. The van der Waals surface area contributed by atoms with Crippen LogP contribution in [0.15, 0.2) is 10.3 Å². The van der Waals surface area contributed by atoms with Crippen LogP contribution >= 0.6 is 11.3 Å². The third kappa shape index (κ3) is 4.00. The standard InChI is InChI=1S/C12H23N3O2S2/c1-9-6-11(18-10(9)7-13)19(16,17)14-8-12(2,3)15(4)5/h6,14H,7-8,13H2,1-5H3. The molecule has 0 radical (unpaired) electrons. The van der Waals surface area contributed by atoms with E-state index >= 15 is 0 Å². The Hall–Kier alpha value is -0.470. The highest BCUT2D eigenvalue weighted by atomic mass is 32.2. The Kier molecular flexibility index (Phi) is 5.14. The van der Waals surface area contributed by atoms with Crippen molar-refractivity contribution < 1.29 is 8.42 Å². The molecule has 0 atom stereocenters. The van der Waals surface area contributed by atoms with Crippen LogP contribution < -0.4 is 10.5 Å². The fourth-order valence-corrected chi connectivity index (χ4v) is 4.04. The molecule has 5 nitrogen and oxygen atoms in total. The van der Waals surface area contributed by atoms with Crippen molar-refractivity contribution in [2.75, 3.05) is 20.6 Å². The highest BCUT2D eigenvalue weighted by Crippen LogP contribution is 2.25. The zero-order valence-electron chi connectivity index (χ0n) is 12.1. The zero-order chi connectivity index (χ0) is 14.8. The summed E-state index contributed by atoms with van der Waals surface area (Å²) in [5.74, 6) is 0. The fraction of sp³-hybridized carbons (Fsp3) is 0.667. The number of rotatable bonds is 6. The summed E-state index contributed by atoms with van der Waals surface area (Å²) in [7, 11) is 0.401. The molecule has 110 valence electrons. The van der Waals surface area contributed by atoms with Crippen LogP contribution in [0.2, 0.25) is 0 Å². The number of hydrogen-bond donors (Lipinski definition) is 2. The first kappa shape index (κ1) is 16.6. The van der Waals surface area contributed by atoms with Crippen molar-refractivity contribution in [3.8, 4) is 0 Å². The van der Waals surface area contributed by atoms with Crippen molar-refractivity contribution in [2.45, 2.75) is 37.1 Å². The quantitative estimate of drug-likeness (QED) is 0.826. The van der Waals surface area contributed by atoms with Crippen LogP contribution in [0.25, 0.3) is 0 Å². The number of hydrogen-bond acceptors (Lipinski definition) is 5. The molecule has 0 bridgehead atoms. The summed E-state index contributed by atoms with van der Waals surface area (Å²) >= 11 is 1.24. The molecule has 0 spiro atoms. The Labute approximate surface area is 119 Å². The lowest BCUT2D eigenvalue weighted by Crippen LogP contribution is -2.48. The molecule has 0 saturated carbocycles. The van der Waals surface area contributed by atoms with Gasteiger partial charge in [-0.25, -0.2) is 13.1 Å². The van der Waals surface area contributed by atoms with Crippen LogP contribution in [0.3, 0.4) is 0 Å². The van der Waals surface area contributed by atoms with E-state index in [2.05, 4.69) is 4.72 Å². The van der Waals surface area contributed by atoms with E-state index in [1.54, 1.807) is 6.07 Å². The Morgan fingerprint density at radius 1 is 1.42 bits per heavy atom. The van der Waals surface area contributed by atoms with Gasteiger partial charge in [-0.3, -0.25) is 0 Å². The topological polar surface area (TPSA) is 75.4 Å². The molecule has 1 heterocycles. The molecule has 0 saturated heterocycles. The van der Waals surface area contributed by atoms with Crippen LogP contribution in [0, 0.1) is 6.92 Å². The lowest BCUT2D eigenvalue weighted by Gasteiger charge is -2.32. The van der Waals surface area contributed by atoms with Gasteiger partial charge in [0, 0.05) is 23.5 Å². The molecule has 0 unspecified atom stereocenters. The molecule has 0 aliphatic rings. The van der Waals surface area contributed by atoms with E-state index in [4.69, 9.17) is 5.73 Å². The van der Waals surface area contributed by atoms with Crippen molar-refractivity contribution in [3.05, 3.63) is 16.5 Å². The average molecular weight is 305 g/mol. The Morgan fingerprint density at radius 3 is 2.42 bits per heavy atom. The number of nitrogens with two attached hydrogens (primary N) is 1. The SMILES string of the molecule is Cc1cc(S(=O)(=O)NCC(C)(C)N(C)C)sc1CN. The second-order valence-electron chi connectivity index (χ2n) is 5.41. The maximum absolute atomic E-state index is 12.2. The molecule has 0 fully saturated rings. The number of thiophene rings is 1. The minimum atomic E-state index is -3.45. The van der Waals surface area contributed by atoms with Gasteiger partial charge in [-0.2, -0.15) is 0 Å². The fourth-order valence-electron chi connectivity index (χ4n) is 1.32. The number of nitrogens with one attached hydrogen (secondary N) is 1. The summed E-state index contributed by atoms with van der Waals surface area (Å²) in [6.45, 7) is 6.58. The van der Waals surface area contributed by atoms with Gasteiger partial charge in [0.1, 0.15) is 4.21 Å². The van der Waals surface area contributed by atoms with E-state index in [-0.39, 0.29) is 5.54 Å². The number of nitrogens with zero attached hydrogens (tertiary/aromatic N) is 1. The smallest absolute Gasteiger partial charge is 0.250 e. The summed E-state index contributed by atoms with van der Waals surface area (Å²) in [5, 5.41) is 0. The van der Waals surface area contributed by atoms with Gasteiger partial charge in [0.15, 0.2) is 0 Å². The predicted molar refractivity (Wildman–Crippen MR) is 79.9 cm³/mol. The van der Waals surface area contributed by atoms with Crippen LogP contribution in [-0.4, -0.2) is 39.5 Å². The normalized spacial score (nSPS) is 13.2. The van der Waals surface area contributed by atoms with Gasteiger partial charge in [-0.05, 0) is 46.5 Å². The van der Waals surface area contributed by atoms with E-state index in [9.17, 15) is 8.42 Å². The number of sulfonamides is 1. The minimum Gasteiger partial charge on any atom is -0.326 e. The monoisotopic (exact) mass is 305 g/mol. The van der Waals surface area contributed by atoms with Crippen molar-refractivity contribution in [2.24, 2.45) is 5.73 Å². The molecule has 0 amide bonds. The first-order chi connectivity index (χ1) is 8.60. The van der Waals surface area contributed by atoms with E-state index in [0.717, 1.165) is 10.4 Å². The molecule has 7 heteroatoms. The summed E-state index contributed by atoms with van der Waals surface area (Å²) in [4.78, 5) is 2.90. The van der Waals surface area contributed by atoms with Crippen LogP contribution in [0.1, 0.15) is 24.3 Å². The predicted octanol–water partition coefficient (Wildman–Crippen LogP) is 1.13. The van der Waals surface area contributed by atoms with E-state index in [0.29, 0.717) is 17.3 Å². The highest BCUT2D eigenvalue weighted by molar-refractivity contribution is 7.91. The lowest BCUT2D eigenvalue weighted by molar-refractivity contribution is 0.199. The molecule has 1 aromatic rings. The van der Waals surface area contributed by atoms with Gasteiger partial charge in [0.05, 0.1) is 0 Å². The Morgan fingerprint density at radius 2 is 2.00 bits per heavy atom. The third-order valence-electron chi connectivity index (χ3n) is 3.35. The van der Waals surface area contributed by atoms with Gasteiger partial charge < -0.3 is 10.6 Å². The van der Waals surface area contributed by atoms with E-state index in [1.807, 2.05) is 39.8 Å². The first-order valence-corrected chi connectivity index (χ1v) is 8.36. The maximum Gasteiger partial charge on any atom is 0.250 e. The van der Waals surface area contributed by atoms with E-state index in [1.165, 1.54) is 11.3 Å². The van der Waals surface area contributed by atoms with Gasteiger partial charge in [-0.15, -0.1) is 11.3 Å². The van der Waals surface area contributed by atoms with Crippen molar-refractivity contribution in [3.63, 3.8) is 0 Å². The average Bonchev–Trinajstić information content (AvgIpc) is 2.69. The number of aryl methyl sites for hydroxylation is 1. The summed E-state index contributed by atoms with van der Waals surface area (Å²) in [5.41, 5.74) is 6.27. The molecule has 0 aliphatic carbocycles. The van der Waals surface area contributed by atoms with Crippen molar-refractivity contribution >= 4 is 21.4 Å². The molecule has 0 aromatic carbocycles. The molecule has 19 heavy (non-hydrogen) atoms. The molecule has 0 aliphatic heterocycles. The maximum atomic E-state index is 12.2. The molecule has 3 N–H and O–H groups in total. The third-order valence-corrected chi connectivity index (χ3v) is 6.49. The van der Waals surface area contributed by atoms with Crippen LogP contribution in [0.4, 0.5) is 0 Å². The molecular formula is C12H23N3O2S2. The Balaban J connectivity index is 2.87. The van der Waals surface area contributed by atoms with E-state index < -0.39 is 10.0 Å². The molecule has 1 rings (SSSR count). The van der Waals surface area contributed by atoms with Gasteiger partial charge >= 0.3 is 0 Å². The molecular weight excluding hydrogens is 282 g/mol. The summed E-state index contributed by atoms with van der Waals surface area (Å²) in [6.07, 6.45) is 0. The zero-order valence-corrected chi connectivity index (χ0v) is 13.8. The second kappa shape index (κ2) is 5.88. The van der Waals surface area contributed by atoms with Crippen LogP contribution in [0.5, 0.6) is 0 Å². The molecule has 1 aromatic heterocycles. The summed E-state index contributed by atoms with van der Waals surface area (Å²) < 4.78 is 27.4. The Bertz CT molecular complexity index is 533. The van der Waals surface area contributed by atoms with Gasteiger partial charge in [-0.1, -0.05) is 0 Å². The lowest BCUT2D eigenvalue weighted by atomic mass is 10.1. The van der Waals surface area contributed by atoms with Crippen LogP contribution in [-0.2, 0) is 16.6 Å². The van der Waals surface area contributed by atoms with Crippen molar-refractivity contribution in [1.29, 1.82) is 0 Å². The number of likely N-dealkylation sites (N-methyl/N-ethyl adjacent to an activating group) is 1. The highest BCUT2D eigenvalue weighted by Gasteiger charge is 2.25. The largest absolute Gasteiger partial charge is 0.326 e. The van der Waals surface area contributed by atoms with Gasteiger partial charge in [0.25, 0.3) is 0 Å².